The van der Waals surface area contributed by atoms with E-state index in [0.29, 0.717) is 26.2 Å². The molecule has 2 atom stereocenters. The maximum atomic E-state index is 11.9. The van der Waals surface area contributed by atoms with Crippen molar-refractivity contribution in [2.75, 3.05) is 19.7 Å². The van der Waals surface area contributed by atoms with Crippen LogP contribution in [0.25, 0.3) is 0 Å². The van der Waals surface area contributed by atoms with Crippen LogP contribution in [0.4, 0.5) is 0 Å². The normalized spacial score (nSPS) is 20.6. The lowest BCUT2D eigenvalue weighted by Gasteiger charge is -2.37. The van der Waals surface area contributed by atoms with Gasteiger partial charge in [0.1, 0.15) is 6.04 Å². The molecule has 6 heteroatoms. The van der Waals surface area contributed by atoms with Gasteiger partial charge in [0.15, 0.2) is 0 Å². The molecular formula is C16H20N4O2. The minimum atomic E-state index is -0.412. The van der Waals surface area contributed by atoms with Gasteiger partial charge in [-0.05, 0) is 11.6 Å². The van der Waals surface area contributed by atoms with Crippen LogP contribution in [-0.4, -0.2) is 46.4 Å². The van der Waals surface area contributed by atoms with Gasteiger partial charge in [0.05, 0.1) is 19.3 Å². The molecule has 0 radical (unpaired) electrons. The highest BCUT2D eigenvalue weighted by molar-refractivity contribution is 5.81. The van der Waals surface area contributed by atoms with Crippen molar-refractivity contribution in [1.29, 1.82) is 0 Å². The second-order valence-corrected chi connectivity index (χ2v) is 5.43. The number of nitrogens with two attached hydrogens (primary N) is 1. The van der Waals surface area contributed by atoms with Crippen molar-refractivity contribution in [2.45, 2.75) is 18.7 Å². The van der Waals surface area contributed by atoms with Gasteiger partial charge in [0.25, 0.3) is 0 Å². The molecule has 1 fully saturated rings. The van der Waals surface area contributed by atoms with Crippen LogP contribution in [0.1, 0.15) is 11.6 Å². The Morgan fingerprint density at radius 2 is 2.18 bits per heavy atom. The van der Waals surface area contributed by atoms with Crippen LogP contribution in [0.3, 0.4) is 0 Å². The lowest BCUT2D eigenvalue weighted by atomic mass is 10.0. The van der Waals surface area contributed by atoms with Gasteiger partial charge in [-0.2, -0.15) is 5.10 Å². The molecule has 0 saturated carbocycles. The summed E-state index contributed by atoms with van der Waals surface area (Å²) in [5, 5.41) is 4.20. The van der Waals surface area contributed by atoms with Gasteiger partial charge in [0, 0.05) is 25.5 Å². The molecule has 0 spiro atoms. The first kappa shape index (κ1) is 14.7. The predicted octanol–water partition coefficient (Wildman–Crippen LogP) is 0.810. The molecule has 2 N–H and O–H groups in total. The van der Waals surface area contributed by atoms with Crippen molar-refractivity contribution in [2.24, 2.45) is 5.73 Å². The van der Waals surface area contributed by atoms with Crippen LogP contribution in [0.15, 0.2) is 48.8 Å². The fraction of sp³-hybridized carbons (Fsp3) is 0.375. The Hall–Kier alpha value is -2.18. The highest BCUT2D eigenvalue weighted by Crippen LogP contribution is 2.23. The van der Waals surface area contributed by atoms with E-state index >= 15 is 0 Å². The molecular weight excluding hydrogens is 280 g/mol. The summed E-state index contributed by atoms with van der Waals surface area (Å²) in [5.41, 5.74) is 6.57. The maximum absolute atomic E-state index is 11.9. The molecule has 1 aromatic heterocycles. The van der Waals surface area contributed by atoms with Crippen molar-refractivity contribution in [3.8, 4) is 0 Å². The van der Waals surface area contributed by atoms with Crippen molar-refractivity contribution in [1.82, 2.24) is 14.7 Å². The van der Waals surface area contributed by atoms with Crippen molar-refractivity contribution in [3.05, 3.63) is 54.4 Å². The second-order valence-electron chi connectivity index (χ2n) is 5.43. The number of aromatic nitrogens is 2. The van der Waals surface area contributed by atoms with E-state index in [9.17, 15) is 4.79 Å². The molecule has 2 aromatic rings. The van der Waals surface area contributed by atoms with E-state index in [2.05, 4.69) is 10.00 Å². The first-order valence-corrected chi connectivity index (χ1v) is 7.41. The summed E-state index contributed by atoms with van der Waals surface area (Å²) in [7, 11) is 0. The number of nitrogens with zero attached hydrogens (tertiary/aromatic N) is 3. The molecule has 1 aromatic carbocycles. The zero-order valence-corrected chi connectivity index (χ0v) is 12.3. The lowest BCUT2D eigenvalue weighted by Crippen LogP contribution is -2.49. The average Bonchev–Trinajstić information content (AvgIpc) is 3.01. The SMILES string of the molecule is NC(=O)[C@H](c1ccccc1)N1CCO[C@@H](Cn2cccn2)C1. The Morgan fingerprint density at radius 1 is 1.36 bits per heavy atom. The topological polar surface area (TPSA) is 73.4 Å². The summed E-state index contributed by atoms with van der Waals surface area (Å²) in [6.07, 6.45) is 3.65. The fourth-order valence-electron chi connectivity index (χ4n) is 2.89. The summed E-state index contributed by atoms with van der Waals surface area (Å²) < 4.78 is 7.64. The predicted molar refractivity (Wildman–Crippen MR) is 81.9 cm³/mol. The minimum absolute atomic E-state index is 0.000729. The Balaban J connectivity index is 1.73. The van der Waals surface area contributed by atoms with Gasteiger partial charge in [-0.25, -0.2) is 0 Å². The van der Waals surface area contributed by atoms with Gasteiger partial charge < -0.3 is 10.5 Å². The number of carbonyl (C=O) groups excluding carboxylic acids is 1. The number of hydrogen-bond donors (Lipinski definition) is 1. The Labute approximate surface area is 129 Å². The largest absolute Gasteiger partial charge is 0.374 e. The van der Waals surface area contributed by atoms with E-state index in [4.69, 9.17) is 10.5 Å². The molecule has 1 saturated heterocycles. The number of rotatable bonds is 5. The Bertz CT molecular complexity index is 600. The number of carbonyl (C=O) groups is 1. The van der Waals surface area contributed by atoms with E-state index in [1.54, 1.807) is 6.20 Å². The highest BCUT2D eigenvalue weighted by atomic mass is 16.5. The van der Waals surface area contributed by atoms with Crippen LogP contribution in [-0.2, 0) is 16.1 Å². The smallest absolute Gasteiger partial charge is 0.239 e. The maximum Gasteiger partial charge on any atom is 0.239 e. The number of hydrogen-bond acceptors (Lipinski definition) is 4. The third-order valence-corrected chi connectivity index (χ3v) is 3.87. The Kier molecular flexibility index (Phi) is 4.50. The molecule has 22 heavy (non-hydrogen) atoms. The van der Waals surface area contributed by atoms with Crippen molar-refractivity contribution >= 4 is 5.91 Å². The number of morpholine rings is 1. The number of ether oxygens (including phenoxy) is 1. The van der Waals surface area contributed by atoms with Gasteiger partial charge in [-0.1, -0.05) is 30.3 Å². The fourth-order valence-corrected chi connectivity index (χ4v) is 2.89. The quantitative estimate of drug-likeness (QED) is 0.887. The second kappa shape index (κ2) is 6.72. The molecule has 3 rings (SSSR count). The summed E-state index contributed by atoms with van der Waals surface area (Å²) in [6.45, 7) is 2.60. The van der Waals surface area contributed by atoms with Gasteiger partial charge in [0.2, 0.25) is 5.91 Å². The van der Waals surface area contributed by atoms with Crippen molar-refractivity contribution < 1.29 is 9.53 Å². The first-order chi connectivity index (χ1) is 10.7. The third kappa shape index (κ3) is 3.35. The average molecular weight is 300 g/mol. The third-order valence-electron chi connectivity index (χ3n) is 3.87. The molecule has 2 heterocycles. The van der Waals surface area contributed by atoms with Crippen molar-refractivity contribution in [3.63, 3.8) is 0 Å². The van der Waals surface area contributed by atoms with Gasteiger partial charge >= 0.3 is 0 Å². The standard InChI is InChI=1S/C16H20N4O2/c17-16(21)15(13-5-2-1-3-6-13)19-9-10-22-14(11-19)12-20-8-4-7-18-20/h1-8,14-15H,9-12H2,(H2,17,21)/t14-,15+/m1/s1. The first-order valence-electron chi connectivity index (χ1n) is 7.41. The number of amides is 1. The summed E-state index contributed by atoms with van der Waals surface area (Å²) in [4.78, 5) is 14.0. The monoisotopic (exact) mass is 300 g/mol. The summed E-state index contributed by atoms with van der Waals surface area (Å²) >= 11 is 0. The van der Waals surface area contributed by atoms with Crippen LogP contribution in [0.2, 0.25) is 0 Å². The molecule has 0 aliphatic carbocycles. The summed E-state index contributed by atoms with van der Waals surface area (Å²) in [6, 6.07) is 11.1. The van der Waals surface area contributed by atoms with Crippen LogP contribution < -0.4 is 5.73 Å². The minimum Gasteiger partial charge on any atom is -0.374 e. The number of benzene rings is 1. The molecule has 6 nitrogen and oxygen atoms in total. The molecule has 116 valence electrons. The molecule has 1 aliphatic rings. The summed E-state index contributed by atoms with van der Waals surface area (Å²) in [5.74, 6) is -0.328. The Morgan fingerprint density at radius 3 is 2.86 bits per heavy atom. The van der Waals surface area contributed by atoms with Crippen LogP contribution >= 0.6 is 0 Å². The van der Waals surface area contributed by atoms with Crippen LogP contribution in [0, 0.1) is 0 Å². The van der Waals surface area contributed by atoms with E-state index in [1.807, 2.05) is 47.3 Å². The zero-order chi connectivity index (χ0) is 15.4. The van der Waals surface area contributed by atoms with Gasteiger partial charge in [-0.3, -0.25) is 14.4 Å². The van der Waals surface area contributed by atoms with Crippen LogP contribution in [0.5, 0.6) is 0 Å². The highest BCUT2D eigenvalue weighted by Gasteiger charge is 2.31. The number of primary amides is 1. The van der Waals surface area contributed by atoms with E-state index in [-0.39, 0.29) is 12.0 Å². The van der Waals surface area contributed by atoms with E-state index in [0.717, 1.165) is 5.56 Å². The molecule has 0 bridgehead atoms. The lowest BCUT2D eigenvalue weighted by molar-refractivity contribution is -0.127. The molecule has 1 aliphatic heterocycles. The van der Waals surface area contributed by atoms with E-state index in [1.165, 1.54) is 0 Å². The molecule has 1 amide bonds. The zero-order valence-electron chi connectivity index (χ0n) is 12.3. The van der Waals surface area contributed by atoms with Gasteiger partial charge in [-0.15, -0.1) is 0 Å². The molecule has 0 unspecified atom stereocenters. The van der Waals surface area contributed by atoms with E-state index < -0.39 is 6.04 Å².